The van der Waals surface area contributed by atoms with Gasteiger partial charge in [-0.05, 0) is 61.4 Å². The average Bonchev–Trinajstić information content (AvgIpc) is 2.94. The number of hydrogen-bond acceptors (Lipinski definition) is 5. The highest BCUT2D eigenvalue weighted by Crippen LogP contribution is 2.46. The van der Waals surface area contributed by atoms with Crippen LogP contribution in [-0.4, -0.2) is 20.6 Å². The summed E-state index contributed by atoms with van der Waals surface area (Å²) in [7, 11) is -4.70. The molecule has 3 aromatic rings. The van der Waals surface area contributed by atoms with E-state index in [1.54, 1.807) is 32.9 Å². The third-order valence-corrected chi connectivity index (χ3v) is 6.77. The minimum atomic E-state index is -5.01. The van der Waals surface area contributed by atoms with Crippen molar-refractivity contribution in [2.24, 2.45) is 0 Å². The molecule has 1 atom stereocenters. The van der Waals surface area contributed by atoms with Gasteiger partial charge in [0, 0.05) is 5.56 Å². The van der Waals surface area contributed by atoms with E-state index in [9.17, 15) is 26.4 Å². The Labute approximate surface area is 182 Å². The average molecular weight is 464 g/mol. The number of fused-ring (bicyclic) bond motifs is 3. The Kier molecular flexibility index (Phi) is 5.09. The molecule has 0 amide bonds. The smallest absolute Gasteiger partial charge is 0.420 e. The van der Waals surface area contributed by atoms with Gasteiger partial charge < -0.3 is 4.74 Å². The van der Waals surface area contributed by atoms with Crippen molar-refractivity contribution in [3.8, 4) is 5.75 Å². The largest absolute Gasteiger partial charge is 0.426 e. The molecule has 0 aromatic heterocycles. The maximum absolute atomic E-state index is 13.9. The maximum atomic E-state index is 13.9. The van der Waals surface area contributed by atoms with Crippen molar-refractivity contribution in [1.82, 2.24) is 0 Å². The van der Waals surface area contributed by atoms with Crippen molar-refractivity contribution < 1.29 is 35.3 Å². The van der Waals surface area contributed by atoms with Gasteiger partial charge in [-0.2, -0.15) is 21.6 Å². The van der Waals surface area contributed by atoms with Crippen molar-refractivity contribution in [2.75, 3.05) is 0 Å². The lowest BCUT2D eigenvalue weighted by Crippen LogP contribution is -2.27. The Morgan fingerprint density at radius 3 is 2.25 bits per heavy atom. The van der Waals surface area contributed by atoms with Crippen molar-refractivity contribution in [3.63, 3.8) is 0 Å². The molecule has 0 radical (unpaired) electrons. The fourth-order valence-corrected chi connectivity index (χ4v) is 4.78. The first kappa shape index (κ1) is 22.3. The zero-order valence-electron chi connectivity index (χ0n) is 17.4. The quantitative estimate of drug-likeness (QED) is 0.296. The minimum Gasteiger partial charge on any atom is -0.426 e. The van der Waals surface area contributed by atoms with E-state index in [1.807, 2.05) is 0 Å². The monoisotopic (exact) mass is 464 g/mol. The van der Waals surface area contributed by atoms with Gasteiger partial charge in [0.25, 0.3) is 10.1 Å². The Morgan fingerprint density at radius 2 is 1.62 bits per heavy atom. The van der Waals surface area contributed by atoms with Gasteiger partial charge in [0.05, 0.1) is 10.3 Å². The number of esters is 1. The number of hydrogen-bond donors (Lipinski definition) is 0. The number of carbonyl (C=O) groups is 1. The second-order valence-electron chi connectivity index (χ2n) is 8.22. The summed E-state index contributed by atoms with van der Waals surface area (Å²) in [4.78, 5) is 11.9. The van der Waals surface area contributed by atoms with Gasteiger partial charge in [-0.1, -0.05) is 35.9 Å². The second kappa shape index (κ2) is 7.31. The van der Waals surface area contributed by atoms with E-state index in [2.05, 4.69) is 0 Å². The summed E-state index contributed by atoms with van der Waals surface area (Å²) in [6.07, 6.45) is -7.74. The molecule has 0 fully saturated rings. The van der Waals surface area contributed by atoms with Crippen molar-refractivity contribution in [2.45, 2.75) is 43.4 Å². The van der Waals surface area contributed by atoms with E-state index >= 15 is 0 Å². The van der Waals surface area contributed by atoms with Crippen LogP contribution in [0.2, 0.25) is 0 Å². The number of ether oxygens (including phenoxy) is 1. The highest BCUT2D eigenvalue weighted by atomic mass is 32.2. The Bertz CT molecular complexity index is 1330. The van der Waals surface area contributed by atoms with Crippen LogP contribution in [0, 0.1) is 6.92 Å². The topological polar surface area (TPSA) is 69.7 Å². The number of rotatable bonds is 4. The fourth-order valence-electron chi connectivity index (χ4n) is 3.73. The first-order chi connectivity index (χ1) is 14.8. The number of carbonyl (C=O) groups excluding carboxylic acids is 1. The zero-order chi connectivity index (χ0) is 23.5. The van der Waals surface area contributed by atoms with Crippen LogP contribution in [-0.2, 0) is 24.5 Å². The molecule has 0 saturated heterocycles. The molecule has 0 spiro atoms. The van der Waals surface area contributed by atoms with Crippen LogP contribution in [0.5, 0.6) is 5.75 Å². The zero-order valence-corrected chi connectivity index (χ0v) is 18.2. The van der Waals surface area contributed by atoms with Gasteiger partial charge in [-0.3, -0.25) is 4.79 Å². The van der Waals surface area contributed by atoms with E-state index in [0.717, 1.165) is 5.56 Å². The molecule has 1 aliphatic heterocycles. The van der Waals surface area contributed by atoms with E-state index in [0.29, 0.717) is 16.3 Å². The predicted octanol–water partition coefficient (Wildman–Crippen LogP) is 5.35. The van der Waals surface area contributed by atoms with Gasteiger partial charge in [-0.15, -0.1) is 0 Å². The first-order valence-electron chi connectivity index (χ1n) is 9.67. The van der Waals surface area contributed by atoms with Gasteiger partial charge in [0.1, 0.15) is 5.75 Å². The van der Waals surface area contributed by atoms with Gasteiger partial charge >= 0.3 is 12.1 Å². The molecule has 1 aliphatic rings. The summed E-state index contributed by atoms with van der Waals surface area (Å²) < 4.78 is 76.9. The Balaban J connectivity index is 1.83. The summed E-state index contributed by atoms with van der Waals surface area (Å²) in [5.41, 5.74) is -0.275. The summed E-state index contributed by atoms with van der Waals surface area (Å²) in [6.45, 7) is 4.96. The van der Waals surface area contributed by atoms with Crippen LogP contribution >= 0.6 is 0 Å². The molecule has 1 unspecified atom stereocenters. The fraction of sp³-hybridized carbons (Fsp3) is 0.261. The normalized spacial score (nSPS) is 16.6. The summed E-state index contributed by atoms with van der Waals surface area (Å²) in [6, 6.07) is 12.3. The van der Waals surface area contributed by atoms with Crippen LogP contribution in [0.1, 0.15) is 36.6 Å². The van der Waals surface area contributed by atoms with Gasteiger partial charge in [0.2, 0.25) is 0 Å². The number of aryl methyl sites for hydroxylation is 1. The van der Waals surface area contributed by atoms with Crippen molar-refractivity contribution >= 4 is 26.9 Å². The van der Waals surface area contributed by atoms with E-state index in [-0.39, 0.29) is 10.6 Å². The first-order valence-corrected chi connectivity index (χ1v) is 11.1. The molecule has 5 nitrogen and oxygen atoms in total. The van der Waals surface area contributed by atoms with Crippen LogP contribution in [0.3, 0.4) is 0 Å². The number of alkyl halides is 3. The van der Waals surface area contributed by atoms with Crippen LogP contribution in [0.4, 0.5) is 13.2 Å². The Morgan fingerprint density at radius 1 is 1.00 bits per heavy atom. The number of benzene rings is 3. The molecule has 9 heteroatoms. The molecule has 0 aliphatic carbocycles. The molecular formula is C23H19F3O5S. The lowest BCUT2D eigenvalue weighted by Gasteiger charge is -2.22. The minimum absolute atomic E-state index is 0.265. The molecule has 4 rings (SSSR count). The molecule has 32 heavy (non-hydrogen) atoms. The Hall–Kier alpha value is -2.91. The van der Waals surface area contributed by atoms with Crippen LogP contribution < -0.4 is 4.74 Å². The molecule has 0 bridgehead atoms. The lowest BCUT2D eigenvalue weighted by atomic mass is 9.82. The van der Waals surface area contributed by atoms with Gasteiger partial charge in [0.15, 0.2) is 6.10 Å². The van der Waals surface area contributed by atoms with E-state index < -0.39 is 39.3 Å². The highest BCUT2D eigenvalue weighted by Gasteiger charge is 2.46. The molecular weight excluding hydrogens is 445 g/mol. The molecule has 1 heterocycles. The van der Waals surface area contributed by atoms with Crippen molar-refractivity contribution in [3.05, 3.63) is 71.3 Å². The SMILES string of the molecule is Cc1ccc(S(=O)(=O)OC(c2ccc3ccc4c(c3c2)C(C)(C)C(=O)O4)C(F)(F)F)cc1. The lowest BCUT2D eigenvalue weighted by molar-refractivity contribution is -0.196. The summed E-state index contributed by atoms with van der Waals surface area (Å²) >= 11 is 0. The van der Waals surface area contributed by atoms with Crippen molar-refractivity contribution in [1.29, 1.82) is 0 Å². The van der Waals surface area contributed by atoms with Crippen LogP contribution in [0.15, 0.2) is 59.5 Å². The second-order valence-corrected chi connectivity index (χ2v) is 9.79. The molecule has 0 N–H and O–H groups in total. The maximum Gasteiger partial charge on any atom is 0.420 e. The van der Waals surface area contributed by atoms with E-state index in [1.165, 1.54) is 42.5 Å². The summed E-state index contributed by atoms with van der Waals surface area (Å²) in [5.74, 6) is -0.252. The summed E-state index contributed by atoms with van der Waals surface area (Å²) in [5, 5.41) is 0.947. The third-order valence-electron chi connectivity index (χ3n) is 5.48. The van der Waals surface area contributed by atoms with Gasteiger partial charge in [-0.25, -0.2) is 4.18 Å². The standard InChI is InChI=1S/C23H19F3O5S/c1-13-4-9-16(10-5-13)32(28,29)31-20(23(24,25)26)15-7-6-14-8-11-18-19(17(14)12-15)22(2,3)21(27)30-18/h4-12,20H,1-3H3. The molecule has 3 aromatic carbocycles. The highest BCUT2D eigenvalue weighted by molar-refractivity contribution is 7.86. The number of halogens is 3. The van der Waals surface area contributed by atoms with E-state index in [4.69, 9.17) is 8.92 Å². The predicted molar refractivity (Wildman–Crippen MR) is 111 cm³/mol. The molecule has 168 valence electrons. The molecule has 0 saturated carbocycles. The van der Waals surface area contributed by atoms with Crippen LogP contribution in [0.25, 0.3) is 10.8 Å². The third kappa shape index (κ3) is 3.75.